The molecule has 0 unspecified atom stereocenters. The lowest BCUT2D eigenvalue weighted by Gasteiger charge is -2.15. The number of anilines is 1. The first kappa shape index (κ1) is 21.9. The third kappa shape index (κ3) is 5.20. The number of carboxylic acid groups (broad SMARTS) is 1. The zero-order chi connectivity index (χ0) is 21.7. The van der Waals surface area contributed by atoms with Gasteiger partial charge in [0.15, 0.2) is 15.8 Å². The van der Waals surface area contributed by atoms with Crippen molar-refractivity contribution in [3.63, 3.8) is 0 Å². The highest BCUT2D eigenvalue weighted by Crippen LogP contribution is 2.37. The Morgan fingerprint density at radius 2 is 2.00 bits per heavy atom. The van der Waals surface area contributed by atoms with Crippen molar-refractivity contribution in [2.75, 3.05) is 18.1 Å². The lowest BCUT2D eigenvalue weighted by Crippen LogP contribution is -2.27. The van der Waals surface area contributed by atoms with Crippen molar-refractivity contribution in [3.8, 4) is 11.5 Å². The molecular weight excluding hydrogens is 422 g/mol. The number of nitrogens with zero attached hydrogens (tertiary/aromatic N) is 1. The summed E-state index contributed by atoms with van der Waals surface area (Å²) < 4.78 is 11.6. The number of carbonyl (C=O) groups is 2. The molecule has 156 valence electrons. The fourth-order valence-electron chi connectivity index (χ4n) is 2.86. The first-order valence-electron chi connectivity index (χ1n) is 9.35. The minimum absolute atomic E-state index is 0.0455. The molecule has 1 saturated heterocycles. The average molecular weight is 444 g/mol. The fourth-order valence-corrected chi connectivity index (χ4v) is 4.16. The van der Waals surface area contributed by atoms with Gasteiger partial charge in [-0.05, 0) is 55.3 Å². The van der Waals surface area contributed by atoms with Crippen molar-refractivity contribution < 1.29 is 24.2 Å². The standard InChI is InChI=1S/C22H21NO5S2/c1-3-27-18-12-15(7-8-17(18)28-10-9-20(24)25)13-19-21(26)23(22(29)30-19)16-6-4-5-14(2)11-16/h4-8,11-13H,3,9-10H2,1-2H3,(H,24,25)/b19-13+. The summed E-state index contributed by atoms with van der Waals surface area (Å²) in [5, 5.41) is 8.77. The topological polar surface area (TPSA) is 76.1 Å². The highest BCUT2D eigenvalue weighted by Gasteiger charge is 2.33. The molecule has 8 heteroatoms. The van der Waals surface area contributed by atoms with Crippen LogP contribution in [0.4, 0.5) is 5.69 Å². The van der Waals surface area contributed by atoms with E-state index < -0.39 is 5.97 Å². The van der Waals surface area contributed by atoms with Crippen LogP contribution in [0.25, 0.3) is 6.08 Å². The first-order valence-corrected chi connectivity index (χ1v) is 10.6. The quantitative estimate of drug-likeness (QED) is 0.470. The van der Waals surface area contributed by atoms with Gasteiger partial charge in [-0.1, -0.05) is 42.2 Å². The molecule has 1 aliphatic heterocycles. The van der Waals surface area contributed by atoms with Gasteiger partial charge in [-0.2, -0.15) is 0 Å². The van der Waals surface area contributed by atoms with Crippen molar-refractivity contribution in [1.82, 2.24) is 0 Å². The summed E-state index contributed by atoms with van der Waals surface area (Å²) in [4.78, 5) is 25.7. The highest BCUT2D eigenvalue weighted by atomic mass is 32.2. The summed E-state index contributed by atoms with van der Waals surface area (Å²) in [5.74, 6) is -0.149. The molecule has 0 spiro atoms. The second kappa shape index (κ2) is 9.77. The molecule has 2 aromatic carbocycles. The van der Waals surface area contributed by atoms with E-state index in [9.17, 15) is 9.59 Å². The maximum absolute atomic E-state index is 13.0. The molecule has 6 nitrogen and oxygen atoms in total. The van der Waals surface area contributed by atoms with Crippen molar-refractivity contribution in [2.24, 2.45) is 0 Å². The van der Waals surface area contributed by atoms with Gasteiger partial charge in [0.25, 0.3) is 5.91 Å². The van der Waals surface area contributed by atoms with E-state index >= 15 is 0 Å². The van der Waals surface area contributed by atoms with E-state index in [-0.39, 0.29) is 18.9 Å². The Morgan fingerprint density at radius 3 is 2.70 bits per heavy atom. The second-order valence-corrected chi connectivity index (χ2v) is 8.16. The van der Waals surface area contributed by atoms with Crippen molar-refractivity contribution >= 4 is 51.9 Å². The van der Waals surface area contributed by atoms with Crippen molar-refractivity contribution in [3.05, 3.63) is 58.5 Å². The molecule has 1 amide bonds. The van der Waals surface area contributed by atoms with E-state index in [0.29, 0.717) is 27.3 Å². The van der Waals surface area contributed by atoms with Gasteiger partial charge in [-0.25, -0.2) is 0 Å². The van der Waals surface area contributed by atoms with Gasteiger partial charge in [0.05, 0.1) is 30.2 Å². The molecule has 0 aliphatic carbocycles. The molecule has 3 rings (SSSR count). The molecule has 30 heavy (non-hydrogen) atoms. The number of ether oxygens (including phenoxy) is 2. The zero-order valence-corrected chi connectivity index (χ0v) is 18.2. The average Bonchev–Trinajstić information content (AvgIpc) is 2.96. The molecule has 1 heterocycles. The normalized spacial score (nSPS) is 15.0. The first-order chi connectivity index (χ1) is 14.4. The largest absolute Gasteiger partial charge is 0.490 e. The number of rotatable bonds is 8. The van der Waals surface area contributed by atoms with Crippen LogP contribution in [0.15, 0.2) is 47.4 Å². The number of hydrogen-bond acceptors (Lipinski definition) is 6. The SMILES string of the molecule is CCOc1cc(/C=C2/SC(=S)N(c3cccc(C)c3)C2=O)ccc1OCCC(=O)O. The maximum Gasteiger partial charge on any atom is 0.306 e. The highest BCUT2D eigenvalue weighted by molar-refractivity contribution is 8.27. The van der Waals surface area contributed by atoms with E-state index in [1.165, 1.54) is 16.7 Å². The molecule has 1 fully saturated rings. The van der Waals surface area contributed by atoms with E-state index in [1.54, 1.807) is 24.3 Å². The Hall–Kier alpha value is -2.84. The number of aryl methyl sites for hydroxylation is 1. The lowest BCUT2D eigenvalue weighted by molar-refractivity contribution is -0.137. The second-order valence-electron chi connectivity index (χ2n) is 6.49. The van der Waals surface area contributed by atoms with E-state index in [4.69, 9.17) is 26.8 Å². The van der Waals surface area contributed by atoms with Gasteiger partial charge in [0, 0.05) is 0 Å². The predicted octanol–water partition coefficient (Wildman–Crippen LogP) is 4.65. The number of amides is 1. The monoisotopic (exact) mass is 443 g/mol. The molecule has 0 atom stereocenters. The smallest absolute Gasteiger partial charge is 0.306 e. The molecule has 2 aromatic rings. The molecule has 0 aromatic heterocycles. The number of benzene rings is 2. The third-order valence-corrected chi connectivity index (χ3v) is 5.49. The van der Waals surface area contributed by atoms with Gasteiger partial charge >= 0.3 is 5.97 Å². The Morgan fingerprint density at radius 1 is 1.20 bits per heavy atom. The van der Waals surface area contributed by atoms with Crippen LogP contribution in [0, 0.1) is 6.92 Å². The van der Waals surface area contributed by atoms with Crippen LogP contribution in [-0.4, -0.2) is 34.5 Å². The van der Waals surface area contributed by atoms with Gasteiger partial charge in [-0.15, -0.1) is 0 Å². The minimum Gasteiger partial charge on any atom is -0.490 e. The van der Waals surface area contributed by atoms with Gasteiger partial charge in [0.1, 0.15) is 0 Å². The van der Waals surface area contributed by atoms with Crippen LogP contribution < -0.4 is 14.4 Å². The minimum atomic E-state index is -0.930. The zero-order valence-electron chi connectivity index (χ0n) is 16.6. The summed E-state index contributed by atoms with van der Waals surface area (Å²) in [5.41, 5.74) is 2.55. The Labute approximate surface area is 184 Å². The third-order valence-electron chi connectivity index (χ3n) is 4.19. The van der Waals surface area contributed by atoms with Crippen LogP contribution in [0.2, 0.25) is 0 Å². The van der Waals surface area contributed by atoms with Gasteiger partial charge in [-0.3, -0.25) is 14.5 Å². The summed E-state index contributed by atoms with van der Waals surface area (Å²) in [6.45, 7) is 4.28. The number of hydrogen-bond donors (Lipinski definition) is 1. The predicted molar refractivity (Wildman–Crippen MR) is 122 cm³/mol. The van der Waals surface area contributed by atoms with Crippen LogP contribution in [0.1, 0.15) is 24.5 Å². The van der Waals surface area contributed by atoms with Gasteiger partial charge < -0.3 is 14.6 Å². The summed E-state index contributed by atoms with van der Waals surface area (Å²) in [7, 11) is 0. The van der Waals surface area contributed by atoms with Crippen molar-refractivity contribution in [2.45, 2.75) is 20.3 Å². The molecular formula is C22H21NO5S2. The maximum atomic E-state index is 13.0. The molecule has 1 aliphatic rings. The Bertz CT molecular complexity index is 1020. The van der Waals surface area contributed by atoms with E-state index in [1.807, 2.05) is 38.1 Å². The van der Waals surface area contributed by atoms with Crippen LogP contribution in [0.3, 0.4) is 0 Å². The number of carbonyl (C=O) groups excluding carboxylic acids is 1. The molecule has 1 N–H and O–H groups in total. The summed E-state index contributed by atoms with van der Waals surface area (Å²) in [6.07, 6.45) is 1.66. The number of aliphatic carboxylic acids is 1. The van der Waals surface area contributed by atoms with E-state index in [0.717, 1.165) is 16.8 Å². The molecule has 0 radical (unpaired) electrons. The van der Waals surface area contributed by atoms with E-state index in [2.05, 4.69) is 0 Å². The fraction of sp³-hybridized carbons (Fsp3) is 0.227. The van der Waals surface area contributed by atoms with Crippen LogP contribution in [0.5, 0.6) is 11.5 Å². The van der Waals surface area contributed by atoms with Crippen LogP contribution in [-0.2, 0) is 9.59 Å². The number of thiocarbonyl (C=S) groups is 1. The molecule has 0 saturated carbocycles. The number of carboxylic acids is 1. The van der Waals surface area contributed by atoms with Crippen molar-refractivity contribution in [1.29, 1.82) is 0 Å². The lowest BCUT2D eigenvalue weighted by atomic mass is 10.1. The number of thioether (sulfide) groups is 1. The summed E-state index contributed by atoms with van der Waals surface area (Å²) in [6, 6.07) is 12.9. The Kier molecular flexibility index (Phi) is 7.12. The van der Waals surface area contributed by atoms with Gasteiger partial charge in [0.2, 0.25) is 0 Å². The van der Waals surface area contributed by atoms with Crippen LogP contribution >= 0.6 is 24.0 Å². The molecule has 0 bridgehead atoms. The Balaban J connectivity index is 1.83. The summed E-state index contributed by atoms with van der Waals surface area (Å²) >= 11 is 6.68.